The minimum absolute atomic E-state index is 0.0661. The van der Waals surface area contributed by atoms with Gasteiger partial charge in [-0.1, -0.05) is 36.4 Å². The summed E-state index contributed by atoms with van der Waals surface area (Å²) in [4.78, 5) is 19.5. The molecule has 2 bridgehead atoms. The van der Waals surface area contributed by atoms with Crippen LogP contribution in [0.4, 0.5) is 0 Å². The minimum atomic E-state index is -0.0661. The normalized spacial score (nSPS) is 26.8. The lowest BCUT2D eigenvalue weighted by molar-refractivity contribution is -0.131. The zero-order chi connectivity index (χ0) is 22.7. The molecule has 0 radical (unpaired) electrons. The molecule has 0 aromatic heterocycles. The molecule has 0 N–H and O–H groups in total. The van der Waals surface area contributed by atoms with Crippen molar-refractivity contribution in [2.45, 2.75) is 43.8 Å². The van der Waals surface area contributed by atoms with Crippen molar-refractivity contribution in [1.29, 1.82) is 0 Å². The molecule has 4 unspecified atom stereocenters. The number of hydrogen-bond acceptors (Lipinski definition) is 4. The van der Waals surface area contributed by atoms with Crippen molar-refractivity contribution >= 4 is 5.91 Å². The topological polar surface area (TPSA) is 36.0 Å². The zero-order valence-electron chi connectivity index (χ0n) is 19.7. The van der Waals surface area contributed by atoms with Crippen molar-refractivity contribution in [2.75, 3.05) is 40.8 Å². The summed E-state index contributed by atoms with van der Waals surface area (Å²) in [5.74, 6) is 0.997. The highest BCUT2D eigenvalue weighted by Crippen LogP contribution is 2.43. The summed E-state index contributed by atoms with van der Waals surface area (Å²) in [5.41, 5.74) is 2.57. The number of rotatable bonds is 7. The number of hydrogen-bond donors (Lipinski definition) is 0. The third-order valence-corrected chi connectivity index (χ3v) is 7.22. The summed E-state index contributed by atoms with van der Waals surface area (Å²) in [6, 6.07) is 9.79. The molecule has 2 fully saturated rings. The Kier molecular flexibility index (Phi) is 7.17. The van der Waals surface area contributed by atoms with E-state index in [0.717, 1.165) is 31.8 Å². The third kappa shape index (κ3) is 4.69. The van der Waals surface area contributed by atoms with Gasteiger partial charge in [0.2, 0.25) is 5.91 Å². The molecule has 32 heavy (non-hydrogen) atoms. The number of methoxy groups -OCH3 is 1. The number of allylic oxidation sites excluding steroid dienone is 1. The molecular weight excluding hydrogens is 398 g/mol. The van der Waals surface area contributed by atoms with Gasteiger partial charge in [-0.15, -0.1) is 6.58 Å². The van der Waals surface area contributed by atoms with Crippen LogP contribution in [-0.4, -0.2) is 73.5 Å². The van der Waals surface area contributed by atoms with E-state index in [2.05, 4.69) is 52.8 Å². The van der Waals surface area contributed by atoms with E-state index in [1.54, 1.807) is 12.0 Å². The first-order valence-corrected chi connectivity index (χ1v) is 11.9. The molecule has 0 saturated carbocycles. The molecule has 4 rings (SSSR count). The first kappa shape index (κ1) is 22.8. The number of nitrogens with zero attached hydrogens (tertiary/aromatic N) is 3. The van der Waals surface area contributed by atoms with Gasteiger partial charge in [0.1, 0.15) is 5.75 Å². The smallest absolute Gasteiger partial charge is 0.229 e. The predicted molar refractivity (Wildman–Crippen MR) is 130 cm³/mol. The highest BCUT2D eigenvalue weighted by molar-refractivity contribution is 5.80. The number of carbonyl (C=O) groups is 1. The number of likely N-dealkylation sites (tertiary alicyclic amines) is 1. The molecule has 5 heteroatoms. The first-order chi connectivity index (χ1) is 15.5. The quantitative estimate of drug-likeness (QED) is 0.606. The lowest BCUT2D eigenvalue weighted by Gasteiger charge is -2.38. The summed E-state index contributed by atoms with van der Waals surface area (Å²) < 4.78 is 5.57. The SMILES string of the molecule is C=CCN1CCC2CCC(C1)N2C(C1=CCC(C(=O)N(C)C)C=C1)c1cccc(OC)c1. The number of benzene rings is 1. The molecule has 172 valence electrons. The predicted octanol–water partition coefficient (Wildman–Crippen LogP) is 4.05. The van der Waals surface area contributed by atoms with E-state index in [0.29, 0.717) is 12.1 Å². The second-order valence-electron chi connectivity index (χ2n) is 9.49. The van der Waals surface area contributed by atoms with Gasteiger partial charge in [-0.2, -0.15) is 0 Å². The van der Waals surface area contributed by atoms with Gasteiger partial charge < -0.3 is 9.64 Å². The van der Waals surface area contributed by atoms with Gasteiger partial charge in [0.25, 0.3) is 0 Å². The van der Waals surface area contributed by atoms with Gasteiger partial charge in [0, 0.05) is 45.8 Å². The van der Waals surface area contributed by atoms with E-state index in [1.807, 2.05) is 26.2 Å². The Labute approximate surface area is 193 Å². The molecule has 2 saturated heterocycles. The van der Waals surface area contributed by atoms with Crippen molar-refractivity contribution < 1.29 is 9.53 Å². The number of ether oxygens (including phenoxy) is 1. The van der Waals surface area contributed by atoms with Gasteiger partial charge in [-0.3, -0.25) is 14.6 Å². The fourth-order valence-electron chi connectivity index (χ4n) is 5.65. The third-order valence-electron chi connectivity index (χ3n) is 7.22. The fraction of sp³-hybridized carbons (Fsp3) is 0.519. The van der Waals surface area contributed by atoms with Gasteiger partial charge >= 0.3 is 0 Å². The second-order valence-corrected chi connectivity index (χ2v) is 9.49. The van der Waals surface area contributed by atoms with Crippen molar-refractivity contribution in [3.63, 3.8) is 0 Å². The number of amides is 1. The lowest BCUT2D eigenvalue weighted by atomic mass is 9.87. The molecular formula is C27H37N3O2. The maximum Gasteiger partial charge on any atom is 0.229 e. The summed E-state index contributed by atoms with van der Waals surface area (Å²) in [6.07, 6.45) is 13.1. The summed E-state index contributed by atoms with van der Waals surface area (Å²) in [7, 11) is 5.39. The van der Waals surface area contributed by atoms with Crippen molar-refractivity contribution in [2.24, 2.45) is 5.92 Å². The van der Waals surface area contributed by atoms with Gasteiger partial charge in [-0.05, 0) is 49.0 Å². The highest BCUT2D eigenvalue weighted by atomic mass is 16.5. The first-order valence-electron chi connectivity index (χ1n) is 11.9. The molecule has 1 amide bonds. The van der Waals surface area contributed by atoms with Gasteiger partial charge in [0.05, 0.1) is 19.1 Å². The van der Waals surface area contributed by atoms with E-state index in [1.165, 1.54) is 30.4 Å². The molecule has 4 atom stereocenters. The Morgan fingerprint density at radius 2 is 2.09 bits per heavy atom. The molecule has 5 nitrogen and oxygen atoms in total. The van der Waals surface area contributed by atoms with E-state index >= 15 is 0 Å². The standard InChI is InChI=1S/C27H37N3O2/c1-5-16-29-17-15-23-13-14-24(19-29)30(23)26(22-7-6-8-25(18-22)32-4)20-9-11-21(12-10-20)27(31)28(2)3/h5-11,18,21,23-24,26H,1,12-17,19H2,2-4H3. The van der Waals surface area contributed by atoms with E-state index in [9.17, 15) is 4.79 Å². The van der Waals surface area contributed by atoms with Crippen LogP contribution in [0.25, 0.3) is 0 Å². The Balaban J connectivity index is 1.67. The van der Waals surface area contributed by atoms with Crippen LogP contribution in [0.3, 0.4) is 0 Å². The Morgan fingerprint density at radius 1 is 1.28 bits per heavy atom. The minimum Gasteiger partial charge on any atom is -0.497 e. The number of fused-ring (bicyclic) bond motifs is 2. The zero-order valence-corrected chi connectivity index (χ0v) is 19.7. The van der Waals surface area contributed by atoms with Crippen LogP contribution < -0.4 is 4.74 Å². The lowest BCUT2D eigenvalue weighted by Crippen LogP contribution is -2.42. The summed E-state index contributed by atoms with van der Waals surface area (Å²) >= 11 is 0. The fourth-order valence-corrected chi connectivity index (χ4v) is 5.65. The van der Waals surface area contributed by atoms with Crippen molar-refractivity contribution in [3.05, 3.63) is 66.3 Å². The average Bonchev–Trinajstić information content (AvgIpc) is 3.10. The second kappa shape index (κ2) is 10.1. The van der Waals surface area contributed by atoms with Crippen LogP contribution in [0.5, 0.6) is 5.75 Å². The largest absolute Gasteiger partial charge is 0.497 e. The van der Waals surface area contributed by atoms with Crippen LogP contribution in [0.1, 0.15) is 37.3 Å². The van der Waals surface area contributed by atoms with E-state index in [-0.39, 0.29) is 17.9 Å². The van der Waals surface area contributed by atoms with Crippen molar-refractivity contribution in [1.82, 2.24) is 14.7 Å². The Bertz CT molecular complexity index is 891. The maximum absolute atomic E-state index is 12.5. The molecule has 2 aliphatic heterocycles. The van der Waals surface area contributed by atoms with Crippen LogP contribution in [0, 0.1) is 5.92 Å². The van der Waals surface area contributed by atoms with Crippen LogP contribution in [0.2, 0.25) is 0 Å². The molecule has 0 spiro atoms. The molecule has 3 aliphatic rings. The van der Waals surface area contributed by atoms with E-state index in [4.69, 9.17) is 4.74 Å². The molecule has 1 aromatic carbocycles. The van der Waals surface area contributed by atoms with E-state index < -0.39 is 0 Å². The van der Waals surface area contributed by atoms with Gasteiger partial charge in [-0.25, -0.2) is 0 Å². The van der Waals surface area contributed by atoms with Gasteiger partial charge in [0.15, 0.2) is 0 Å². The summed E-state index contributed by atoms with van der Waals surface area (Å²) in [5, 5.41) is 0. The highest BCUT2D eigenvalue weighted by Gasteiger charge is 2.42. The average molecular weight is 436 g/mol. The molecule has 2 heterocycles. The number of carbonyl (C=O) groups excluding carboxylic acids is 1. The molecule has 1 aliphatic carbocycles. The monoisotopic (exact) mass is 435 g/mol. The van der Waals surface area contributed by atoms with Crippen LogP contribution >= 0.6 is 0 Å². The Hall–Kier alpha value is -2.37. The Morgan fingerprint density at radius 3 is 2.78 bits per heavy atom. The molecule has 1 aromatic rings. The maximum atomic E-state index is 12.5. The van der Waals surface area contributed by atoms with Crippen molar-refractivity contribution in [3.8, 4) is 5.75 Å². The van der Waals surface area contributed by atoms with Crippen LogP contribution in [0.15, 0.2) is 60.7 Å². The summed E-state index contributed by atoms with van der Waals surface area (Å²) in [6.45, 7) is 7.13. The van der Waals surface area contributed by atoms with Crippen LogP contribution in [-0.2, 0) is 4.79 Å².